The molecule has 2 rings (SSSR count). The highest BCUT2D eigenvalue weighted by Crippen LogP contribution is 2.38. The molecule has 2 aromatic rings. The third-order valence-electron chi connectivity index (χ3n) is 2.02. The molecule has 0 amide bonds. The van der Waals surface area contributed by atoms with Crippen molar-refractivity contribution in [2.24, 2.45) is 0 Å². The first-order valence-corrected chi connectivity index (χ1v) is 6.70. The van der Waals surface area contributed by atoms with Gasteiger partial charge in [-0.25, -0.2) is 0 Å². The van der Waals surface area contributed by atoms with Crippen molar-refractivity contribution >= 4 is 43.2 Å². The molecule has 0 saturated carbocycles. The molecule has 0 aliphatic carbocycles. The van der Waals surface area contributed by atoms with Crippen LogP contribution in [0.2, 0.25) is 0 Å². The van der Waals surface area contributed by atoms with Crippen molar-refractivity contribution < 1.29 is 4.74 Å². The maximum Gasteiger partial charge on any atom is 0.118 e. The molecule has 15 heavy (non-hydrogen) atoms. The monoisotopic (exact) mass is 346 g/mol. The summed E-state index contributed by atoms with van der Waals surface area (Å²) in [5.74, 6) is 0.883. The second-order valence-corrected chi connectivity index (χ2v) is 6.19. The molecule has 0 aliphatic heterocycles. The molecule has 0 radical (unpaired) electrons. The summed E-state index contributed by atoms with van der Waals surface area (Å²) in [6.07, 6.45) is 0. The van der Waals surface area contributed by atoms with E-state index in [4.69, 9.17) is 4.74 Å². The summed E-state index contributed by atoms with van der Waals surface area (Å²) in [6, 6.07) is 10.2. The van der Waals surface area contributed by atoms with E-state index in [1.54, 1.807) is 18.4 Å². The molecule has 0 bridgehead atoms. The molecule has 0 unspecified atom stereocenters. The summed E-state index contributed by atoms with van der Waals surface area (Å²) in [6.45, 7) is 0. The number of hydrogen-bond acceptors (Lipinski definition) is 2. The topological polar surface area (TPSA) is 9.23 Å². The Hall–Kier alpha value is -0.320. The number of thiophene rings is 1. The van der Waals surface area contributed by atoms with Crippen LogP contribution in [-0.4, -0.2) is 7.11 Å². The molecule has 0 saturated heterocycles. The zero-order chi connectivity index (χ0) is 10.8. The molecule has 4 heteroatoms. The van der Waals surface area contributed by atoms with Crippen molar-refractivity contribution in [3.8, 4) is 16.2 Å². The fraction of sp³-hybridized carbons (Fsp3) is 0.0909. The number of rotatable bonds is 2. The standard InChI is InChI=1S/C11H8Br2OS/c1-14-8-4-2-7(3-5-8)10-6-9(12)11(13)15-10/h2-6H,1H3. The molecule has 1 heterocycles. The van der Waals surface area contributed by atoms with Crippen molar-refractivity contribution in [1.29, 1.82) is 0 Å². The van der Waals surface area contributed by atoms with Gasteiger partial charge in [-0.05, 0) is 67.8 Å². The lowest BCUT2D eigenvalue weighted by atomic mass is 10.2. The first kappa shape index (κ1) is 11.2. The molecular formula is C11H8Br2OS. The maximum absolute atomic E-state index is 5.12. The fourth-order valence-electron chi connectivity index (χ4n) is 1.24. The lowest BCUT2D eigenvalue weighted by Crippen LogP contribution is -1.81. The maximum atomic E-state index is 5.12. The SMILES string of the molecule is COc1ccc(-c2cc(Br)c(Br)s2)cc1. The van der Waals surface area contributed by atoms with E-state index in [1.807, 2.05) is 12.1 Å². The Balaban J connectivity index is 2.37. The molecule has 0 spiro atoms. The molecule has 1 nitrogen and oxygen atoms in total. The van der Waals surface area contributed by atoms with Crippen LogP contribution in [0, 0.1) is 0 Å². The number of halogens is 2. The summed E-state index contributed by atoms with van der Waals surface area (Å²) in [7, 11) is 1.67. The van der Waals surface area contributed by atoms with Gasteiger partial charge in [-0.3, -0.25) is 0 Å². The van der Waals surface area contributed by atoms with Crippen molar-refractivity contribution in [1.82, 2.24) is 0 Å². The van der Waals surface area contributed by atoms with Crippen molar-refractivity contribution in [2.45, 2.75) is 0 Å². The van der Waals surface area contributed by atoms with Crippen molar-refractivity contribution in [2.75, 3.05) is 7.11 Å². The van der Waals surface area contributed by atoms with E-state index in [-0.39, 0.29) is 0 Å². The van der Waals surface area contributed by atoms with Gasteiger partial charge in [-0.15, -0.1) is 11.3 Å². The van der Waals surface area contributed by atoms with Crippen LogP contribution in [0.1, 0.15) is 0 Å². The highest BCUT2D eigenvalue weighted by atomic mass is 79.9. The van der Waals surface area contributed by atoms with E-state index in [0.29, 0.717) is 0 Å². The Morgan fingerprint density at radius 3 is 2.27 bits per heavy atom. The van der Waals surface area contributed by atoms with E-state index < -0.39 is 0 Å². The molecule has 0 N–H and O–H groups in total. The number of hydrogen-bond donors (Lipinski definition) is 0. The van der Waals surface area contributed by atoms with Gasteiger partial charge in [0, 0.05) is 9.35 Å². The summed E-state index contributed by atoms with van der Waals surface area (Å²) in [5.41, 5.74) is 1.20. The zero-order valence-corrected chi connectivity index (χ0v) is 11.9. The van der Waals surface area contributed by atoms with Crippen molar-refractivity contribution in [3.05, 3.63) is 38.6 Å². The molecule has 0 aliphatic rings. The third kappa shape index (κ3) is 2.44. The third-order valence-corrected chi connectivity index (χ3v) is 5.33. The zero-order valence-electron chi connectivity index (χ0n) is 7.96. The number of methoxy groups -OCH3 is 1. The van der Waals surface area contributed by atoms with Crippen molar-refractivity contribution in [3.63, 3.8) is 0 Å². The van der Waals surface area contributed by atoms with Crippen LogP contribution in [0.25, 0.3) is 10.4 Å². The van der Waals surface area contributed by atoms with Gasteiger partial charge >= 0.3 is 0 Å². The van der Waals surface area contributed by atoms with E-state index in [9.17, 15) is 0 Å². The van der Waals surface area contributed by atoms with Crippen LogP contribution in [0.15, 0.2) is 38.6 Å². The first-order valence-electron chi connectivity index (χ1n) is 4.30. The first-order chi connectivity index (χ1) is 7.20. The predicted molar refractivity (Wildman–Crippen MR) is 71.7 cm³/mol. The molecule has 1 aromatic carbocycles. The van der Waals surface area contributed by atoms with Gasteiger partial charge in [0.25, 0.3) is 0 Å². The highest BCUT2D eigenvalue weighted by molar-refractivity contribution is 9.13. The number of benzene rings is 1. The van der Waals surface area contributed by atoms with Gasteiger partial charge in [-0.1, -0.05) is 0 Å². The van der Waals surface area contributed by atoms with Gasteiger partial charge in [0.05, 0.1) is 10.9 Å². The van der Waals surface area contributed by atoms with Crippen LogP contribution in [0.5, 0.6) is 5.75 Å². The average Bonchev–Trinajstić information content (AvgIpc) is 2.59. The Labute approximate surface area is 109 Å². The van der Waals surface area contributed by atoms with Crippen LogP contribution in [-0.2, 0) is 0 Å². The summed E-state index contributed by atoms with van der Waals surface area (Å²) >= 11 is 8.68. The van der Waals surface area contributed by atoms with Gasteiger partial charge in [0.1, 0.15) is 5.75 Å². The Morgan fingerprint density at radius 1 is 1.13 bits per heavy atom. The van der Waals surface area contributed by atoms with Gasteiger partial charge < -0.3 is 4.74 Å². The lowest BCUT2D eigenvalue weighted by Gasteiger charge is -2.00. The summed E-state index contributed by atoms with van der Waals surface area (Å²) in [4.78, 5) is 1.23. The molecule has 1 aromatic heterocycles. The smallest absolute Gasteiger partial charge is 0.118 e. The van der Waals surface area contributed by atoms with E-state index in [1.165, 1.54) is 10.4 Å². The lowest BCUT2D eigenvalue weighted by molar-refractivity contribution is 0.415. The Bertz CT molecular complexity index is 442. The molecule has 0 fully saturated rings. The van der Waals surface area contributed by atoms with E-state index >= 15 is 0 Å². The highest BCUT2D eigenvalue weighted by Gasteiger charge is 2.06. The summed E-state index contributed by atoms with van der Waals surface area (Å²) in [5, 5.41) is 0. The van der Waals surface area contributed by atoms with Crippen LogP contribution in [0.4, 0.5) is 0 Å². The van der Waals surface area contributed by atoms with Gasteiger partial charge in [0.2, 0.25) is 0 Å². The van der Waals surface area contributed by atoms with Gasteiger partial charge in [-0.2, -0.15) is 0 Å². The van der Waals surface area contributed by atoms with E-state index in [2.05, 4.69) is 50.1 Å². The van der Waals surface area contributed by atoms with Crippen LogP contribution in [0.3, 0.4) is 0 Å². The normalized spacial score (nSPS) is 10.3. The second-order valence-electron chi connectivity index (χ2n) is 2.96. The quantitative estimate of drug-likeness (QED) is 0.746. The summed E-state index contributed by atoms with van der Waals surface area (Å²) < 4.78 is 7.33. The molecule has 78 valence electrons. The minimum absolute atomic E-state index is 0.883. The largest absolute Gasteiger partial charge is 0.497 e. The second kappa shape index (κ2) is 4.68. The molecule has 0 atom stereocenters. The minimum Gasteiger partial charge on any atom is -0.497 e. The molecular weight excluding hydrogens is 340 g/mol. The fourth-order valence-corrected chi connectivity index (χ4v) is 3.29. The minimum atomic E-state index is 0.883. The van der Waals surface area contributed by atoms with Crippen LogP contribution >= 0.6 is 43.2 Å². The Morgan fingerprint density at radius 2 is 1.80 bits per heavy atom. The van der Waals surface area contributed by atoms with E-state index in [0.717, 1.165) is 14.0 Å². The van der Waals surface area contributed by atoms with Crippen LogP contribution < -0.4 is 4.74 Å². The number of ether oxygens (including phenoxy) is 1. The Kier molecular flexibility index (Phi) is 3.49. The predicted octanol–water partition coefficient (Wildman–Crippen LogP) is 4.95. The average molecular weight is 348 g/mol. The van der Waals surface area contributed by atoms with Gasteiger partial charge in [0.15, 0.2) is 0 Å².